The topological polar surface area (TPSA) is 43.8 Å². The summed E-state index contributed by atoms with van der Waals surface area (Å²) in [4.78, 5) is 3.33. The van der Waals surface area contributed by atoms with Crippen LogP contribution in [0.15, 0.2) is 6.17 Å². The van der Waals surface area contributed by atoms with Crippen LogP contribution in [0.4, 0.5) is 5.82 Å². The Morgan fingerprint density at radius 2 is 3.00 bits per heavy atom. The van der Waals surface area contributed by atoms with Crippen LogP contribution in [0.5, 0.6) is 0 Å². The molecule has 0 fully saturated rings. The van der Waals surface area contributed by atoms with Gasteiger partial charge in [-0.1, -0.05) is 0 Å². The lowest BCUT2D eigenvalue weighted by Gasteiger charge is -1.93. The van der Waals surface area contributed by atoms with Crippen molar-refractivity contribution in [3.05, 3.63) is 12.0 Å². The highest BCUT2D eigenvalue weighted by atomic mass is 15.1. The molecule has 0 aliphatic carbocycles. The van der Waals surface area contributed by atoms with E-state index in [9.17, 15) is 0 Å². The van der Waals surface area contributed by atoms with Crippen molar-refractivity contribution in [1.29, 1.82) is 0 Å². The lowest BCUT2D eigenvalue weighted by molar-refractivity contribution is 0.868. The van der Waals surface area contributed by atoms with E-state index in [1.807, 2.05) is 0 Å². The molecule has 44 valence electrons. The molecular weight excluding hydrogens is 102 g/mol. The van der Waals surface area contributed by atoms with Gasteiger partial charge in [0.05, 0.1) is 7.54 Å². The third kappa shape index (κ3) is 0.559. The number of hydrogen-bond donors (Lipinski definition) is 1. The minimum atomic E-state index is -2.75. The van der Waals surface area contributed by atoms with Crippen molar-refractivity contribution in [1.82, 2.24) is 9.55 Å². The fourth-order valence-electron chi connectivity index (χ4n) is 0.324. The lowest BCUT2D eigenvalue weighted by atomic mass is 10.7. The zero-order valence-electron chi connectivity index (χ0n) is 11.0. The highest BCUT2D eigenvalue weighted by Crippen LogP contribution is 2.00. The average molecular weight is 118 g/mol. The van der Waals surface area contributed by atoms with Gasteiger partial charge < -0.3 is 10.3 Å². The van der Waals surface area contributed by atoms with E-state index in [0.29, 0.717) is 4.57 Å². The molecule has 0 bridgehead atoms. The van der Waals surface area contributed by atoms with Gasteiger partial charge in [0.25, 0.3) is 0 Å². The van der Waals surface area contributed by atoms with Crippen LogP contribution in [-0.2, 0) is 6.98 Å². The molecule has 0 spiro atoms. The van der Waals surface area contributed by atoms with E-state index < -0.39 is 31.6 Å². The summed E-state index contributed by atoms with van der Waals surface area (Å²) in [5.41, 5.74) is 5.29. The summed E-state index contributed by atoms with van der Waals surface area (Å²) in [6, 6.07) is 0. The smallest absolute Gasteiger partial charge is 0.123 e. The fraction of sp³-hybridized carbons (Fsp3) is 0.400. The largest absolute Gasteiger partial charge is 0.384 e. The van der Waals surface area contributed by atoms with Gasteiger partial charge in [0, 0.05) is 15.2 Å². The molecule has 0 saturated carbocycles. The van der Waals surface area contributed by atoms with Crippen LogP contribution in [0.25, 0.3) is 0 Å². The molecule has 1 aromatic rings. The van der Waals surface area contributed by atoms with Gasteiger partial charge in [-0.25, -0.2) is 4.98 Å². The molecule has 0 unspecified atom stereocenters. The lowest BCUT2D eigenvalue weighted by Crippen LogP contribution is -1.96. The number of hydrogen-bond acceptors (Lipinski definition) is 2. The second-order valence-electron chi connectivity index (χ2n) is 1.27. The Morgan fingerprint density at radius 3 is 3.50 bits per heavy atom. The molecule has 1 rings (SSSR count). The van der Waals surface area contributed by atoms with Gasteiger partial charge in [0.2, 0.25) is 0 Å². The van der Waals surface area contributed by atoms with Crippen LogP contribution >= 0.6 is 0 Å². The highest BCUT2D eigenvalue weighted by Gasteiger charge is 1.93. The first-order valence-corrected chi connectivity index (χ1v) is 1.91. The van der Waals surface area contributed by atoms with Crippen molar-refractivity contribution in [3.63, 3.8) is 0 Å². The van der Waals surface area contributed by atoms with Crippen molar-refractivity contribution in [2.45, 2.75) is 6.85 Å². The van der Waals surface area contributed by atoms with E-state index in [1.165, 1.54) is 0 Å². The standard InChI is InChI=1S/C5H9N3/c1-4-7-3-5(6)8(4)2/h3H,6H2,1-2H3/i1D3,2D3,3D. The van der Waals surface area contributed by atoms with Crippen molar-refractivity contribution in [3.8, 4) is 0 Å². The summed E-state index contributed by atoms with van der Waals surface area (Å²) >= 11 is 0. The average Bonchev–Trinajstić information content (AvgIpc) is 2.25. The van der Waals surface area contributed by atoms with Gasteiger partial charge in [-0.15, -0.1) is 0 Å². The molecule has 0 amide bonds. The Kier molecular flexibility index (Phi) is 0.243. The first-order valence-electron chi connectivity index (χ1n) is 5.41. The summed E-state index contributed by atoms with van der Waals surface area (Å²) < 4.78 is 50.0. The van der Waals surface area contributed by atoms with E-state index >= 15 is 0 Å². The number of anilines is 1. The normalized spacial score (nSPS) is 25.8. The van der Waals surface area contributed by atoms with Crippen molar-refractivity contribution < 1.29 is 9.60 Å². The zero-order valence-corrected chi connectivity index (χ0v) is 3.97. The minimum Gasteiger partial charge on any atom is -0.384 e. The SMILES string of the molecule is [2H]c1nc(C([2H])([2H])[2H])n(C([2H])([2H])[2H])c1N. The van der Waals surface area contributed by atoms with Crippen LogP contribution in [0, 0.1) is 6.85 Å². The van der Waals surface area contributed by atoms with E-state index in [1.54, 1.807) is 0 Å². The summed E-state index contributed by atoms with van der Waals surface area (Å²) in [5.74, 6) is -1.16. The maximum atomic E-state index is 7.18. The number of nitrogens with two attached hydrogens (primary N) is 1. The third-order valence-electron chi connectivity index (χ3n) is 0.729. The van der Waals surface area contributed by atoms with Crippen LogP contribution in [-0.4, -0.2) is 9.55 Å². The highest BCUT2D eigenvalue weighted by molar-refractivity contribution is 5.26. The molecule has 0 saturated heterocycles. The Morgan fingerprint density at radius 1 is 2.12 bits per heavy atom. The molecule has 3 nitrogen and oxygen atoms in total. The molecule has 8 heavy (non-hydrogen) atoms. The summed E-state index contributed by atoms with van der Waals surface area (Å²) in [6.45, 7) is -5.46. The van der Waals surface area contributed by atoms with Crippen molar-refractivity contribution in [2.75, 3.05) is 5.73 Å². The van der Waals surface area contributed by atoms with E-state index in [-0.39, 0.29) is 0 Å². The molecule has 2 N–H and O–H groups in total. The van der Waals surface area contributed by atoms with Gasteiger partial charge >= 0.3 is 0 Å². The summed E-state index contributed by atoms with van der Waals surface area (Å²) in [6.07, 6.45) is -0.544. The third-order valence-corrected chi connectivity index (χ3v) is 0.729. The van der Waals surface area contributed by atoms with Gasteiger partial charge in [-0.05, 0) is 6.85 Å². The number of aryl methyl sites for hydroxylation is 1. The monoisotopic (exact) mass is 118 g/mol. The zero-order chi connectivity index (χ0) is 12.0. The maximum absolute atomic E-state index is 7.18. The van der Waals surface area contributed by atoms with Crippen LogP contribution in [0.3, 0.4) is 0 Å². The van der Waals surface area contributed by atoms with Crippen LogP contribution in [0.2, 0.25) is 0 Å². The Balaban J connectivity index is 3.48. The molecule has 1 aromatic heterocycles. The van der Waals surface area contributed by atoms with Crippen LogP contribution < -0.4 is 5.73 Å². The van der Waals surface area contributed by atoms with E-state index in [4.69, 9.17) is 15.3 Å². The Hall–Kier alpha value is -0.990. The molecular formula is C5H9N3. The number of nitrogens with zero attached hydrogens (tertiary/aromatic N) is 2. The second kappa shape index (κ2) is 1.51. The molecule has 0 aliphatic rings. The molecule has 0 aliphatic heterocycles. The fourth-order valence-corrected chi connectivity index (χ4v) is 0.324. The molecule has 0 radical (unpaired) electrons. The Bertz CT molecular complexity index is 373. The maximum Gasteiger partial charge on any atom is 0.123 e. The number of aromatic nitrogens is 2. The first-order chi connectivity index (χ1) is 6.55. The van der Waals surface area contributed by atoms with Gasteiger partial charge in [0.15, 0.2) is 0 Å². The minimum absolute atomic E-state index is 0.391. The predicted octanol–water partition coefficient (Wildman–Crippen LogP) is 0.311. The summed E-state index contributed by atoms with van der Waals surface area (Å²) in [7, 11) is 0. The Labute approximate surface area is 58.0 Å². The second-order valence-corrected chi connectivity index (χ2v) is 1.27. The van der Waals surface area contributed by atoms with Gasteiger partial charge in [-0.2, -0.15) is 0 Å². The predicted molar refractivity (Wildman–Crippen MR) is 32.4 cm³/mol. The van der Waals surface area contributed by atoms with Crippen LogP contribution in [0.1, 0.15) is 15.4 Å². The van der Waals surface area contributed by atoms with E-state index in [0.717, 1.165) is 0 Å². The quantitative estimate of drug-likeness (QED) is 0.533. The summed E-state index contributed by atoms with van der Waals surface area (Å²) in [5, 5.41) is 0. The molecule has 3 heteroatoms. The first kappa shape index (κ1) is 1.29. The number of rotatable bonds is 0. The van der Waals surface area contributed by atoms with E-state index in [2.05, 4.69) is 4.98 Å². The number of imidazole rings is 1. The number of nitrogen functional groups attached to an aromatic ring is 1. The van der Waals surface area contributed by atoms with Gasteiger partial charge in [-0.3, -0.25) is 0 Å². The molecule has 1 heterocycles. The molecule has 0 aromatic carbocycles. The van der Waals surface area contributed by atoms with Gasteiger partial charge in [0.1, 0.15) is 11.6 Å². The molecule has 0 atom stereocenters. The van der Waals surface area contributed by atoms with Crippen molar-refractivity contribution in [2.24, 2.45) is 6.98 Å². The van der Waals surface area contributed by atoms with Crippen molar-refractivity contribution >= 4 is 5.82 Å².